The van der Waals surface area contributed by atoms with Crippen LogP contribution in [0.3, 0.4) is 0 Å². The highest BCUT2D eigenvalue weighted by molar-refractivity contribution is 9.10. The Labute approximate surface area is 126 Å². The van der Waals surface area contributed by atoms with Gasteiger partial charge in [-0.1, -0.05) is 28.1 Å². The third kappa shape index (κ3) is 3.84. The molecule has 20 heavy (non-hydrogen) atoms. The third-order valence-electron chi connectivity index (χ3n) is 2.91. The van der Waals surface area contributed by atoms with E-state index in [0.29, 0.717) is 17.9 Å². The molecule has 0 atom stereocenters. The van der Waals surface area contributed by atoms with Crippen molar-refractivity contribution in [1.29, 1.82) is 0 Å². The minimum Gasteiger partial charge on any atom is -0.497 e. The van der Waals surface area contributed by atoms with Crippen LogP contribution in [0, 0.1) is 0 Å². The first-order chi connectivity index (χ1) is 9.72. The van der Waals surface area contributed by atoms with Crippen LogP contribution in [0.4, 0.5) is 0 Å². The Bertz CT molecular complexity index is 579. The van der Waals surface area contributed by atoms with Crippen molar-refractivity contribution in [3.8, 4) is 11.5 Å². The zero-order chi connectivity index (χ0) is 14.4. The Kier molecular flexibility index (Phi) is 5.18. The van der Waals surface area contributed by atoms with Crippen LogP contribution in [0.2, 0.25) is 0 Å². The van der Waals surface area contributed by atoms with Gasteiger partial charge in [-0.2, -0.15) is 0 Å². The number of carbonyl (C=O) groups excluding carboxylic acids is 1. The molecule has 2 aromatic rings. The van der Waals surface area contributed by atoms with Gasteiger partial charge in [-0.3, -0.25) is 4.79 Å². The summed E-state index contributed by atoms with van der Waals surface area (Å²) in [6.45, 7) is 0.523. The van der Waals surface area contributed by atoms with E-state index in [0.717, 1.165) is 28.5 Å². The van der Waals surface area contributed by atoms with Crippen LogP contribution < -0.4 is 9.47 Å². The molecule has 0 aliphatic carbocycles. The first kappa shape index (κ1) is 14.6. The summed E-state index contributed by atoms with van der Waals surface area (Å²) in [4.78, 5) is 11.0. The quantitative estimate of drug-likeness (QED) is 0.752. The molecule has 4 heteroatoms. The number of aldehydes is 1. The average molecular weight is 335 g/mol. The third-order valence-corrected chi connectivity index (χ3v) is 3.40. The number of methoxy groups -OCH3 is 1. The highest BCUT2D eigenvalue weighted by Gasteiger charge is 2.04. The summed E-state index contributed by atoms with van der Waals surface area (Å²) >= 11 is 3.33. The lowest BCUT2D eigenvalue weighted by molar-refractivity contribution is 0.111. The van der Waals surface area contributed by atoms with Crippen LogP contribution in [-0.2, 0) is 6.42 Å². The molecule has 104 valence electrons. The molecule has 0 amide bonds. The monoisotopic (exact) mass is 334 g/mol. The molecule has 0 unspecified atom stereocenters. The first-order valence-electron chi connectivity index (χ1n) is 6.23. The highest BCUT2D eigenvalue weighted by Crippen LogP contribution is 2.22. The molecule has 2 rings (SSSR count). The lowest BCUT2D eigenvalue weighted by Crippen LogP contribution is -2.03. The smallest absolute Gasteiger partial charge is 0.153 e. The molecule has 0 heterocycles. The molecular weight excluding hydrogens is 320 g/mol. The van der Waals surface area contributed by atoms with Crippen molar-refractivity contribution in [2.24, 2.45) is 0 Å². The molecule has 0 aliphatic rings. The van der Waals surface area contributed by atoms with Gasteiger partial charge in [0.2, 0.25) is 0 Å². The maximum Gasteiger partial charge on any atom is 0.153 e. The summed E-state index contributed by atoms with van der Waals surface area (Å²) in [5, 5.41) is 0. The summed E-state index contributed by atoms with van der Waals surface area (Å²) in [5.41, 5.74) is 1.71. The van der Waals surface area contributed by atoms with Gasteiger partial charge in [-0.25, -0.2) is 0 Å². The topological polar surface area (TPSA) is 35.5 Å². The Morgan fingerprint density at radius 3 is 2.55 bits per heavy atom. The second-order valence-electron chi connectivity index (χ2n) is 4.25. The Balaban J connectivity index is 1.93. The second kappa shape index (κ2) is 7.10. The van der Waals surface area contributed by atoms with Crippen molar-refractivity contribution < 1.29 is 14.3 Å². The Morgan fingerprint density at radius 1 is 1.15 bits per heavy atom. The Hall–Kier alpha value is -1.81. The van der Waals surface area contributed by atoms with Crippen LogP contribution in [0.5, 0.6) is 11.5 Å². The summed E-state index contributed by atoms with van der Waals surface area (Å²) in [6.07, 6.45) is 1.58. The second-order valence-corrected chi connectivity index (χ2v) is 5.16. The Morgan fingerprint density at radius 2 is 1.90 bits per heavy atom. The van der Waals surface area contributed by atoms with Crippen molar-refractivity contribution in [3.63, 3.8) is 0 Å². The van der Waals surface area contributed by atoms with Crippen molar-refractivity contribution in [3.05, 3.63) is 58.1 Å². The molecule has 0 spiro atoms. The van der Waals surface area contributed by atoms with Gasteiger partial charge in [0.25, 0.3) is 0 Å². The van der Waals surface area contributed by atoms with E-state index in [4.69, 9.17) is 9.47 Å². The maximum absolute atomic E-state index is 11.0. The number of carbonyl (C=O) groups is 1. The molecule has 0 fully saturated rings. The number of ether oxygens (including phenoxy) is 2. The van der Waals surface area contributed by atoms with E-state index in [1.165, 1.54) is 0 Å². The molecule has 0 bridgehead atoms. The fraction of sp³-hybridized carbons (Fsp3) is 0.188. The van der Waals surface area contributed by atoms with E-state index >= 15 is 0 Å². The van der Waals surface area contributed by atoms with Crippen LogP contribution in [0.25, 0.3) is 0 Å². The molecule has 0 N–H and O–H groups in total. The summed E-state index contributed by atoms with van der Waals surface area (Å²) in [6, 6.07) is 13.2. The largest absolute Gasteiger partial charge is 0.497 e. The van der Waals surface area contributed by atoms with E-state index in [9.17, 15) is 4.79 Å². The predicted molar refractivity (Wildman–Crippen MR) is 81.7 cm³/mol. The predicted octanol–water partition coefficient (Wildman–Crippen LogP) is 3.89. The lowest BCUT2D eigenvalue weighted by Gasteiger charge is -2.09. The van der Waals surface area contributed by atoms with Gasteiger partial charge in [0, 0.05) is 10.9 Å². The summed E-state index contributed by atoms with van der Waals surface area (Å²) < 4.78 is 11.6. The van der Waals surface area contributed by atoms with Crippen molar-refractivity contribution >= 4 is 22.2 Å². The van der Waals surface area contributed by atoms with Crippen LogP contribution >= 0.6 is 15.9 Å². The highest BCUT2D eigenvalue weighted by atomic mass is 79.9. The van der Waals surface area contributed by atoms with Gasteiger partial charge in [0.1, 0.15) is 11.5 Å². The van der Waals surface area contributed by atoms with E-state index in [1.54, 1.807) is 19.2 Å². The number of halogens is 1. The van der Waals surface area contributed by atoms with Crippen molar-refractivity contribution in [1.82, 2.24) is 0 Å². The minimum absolute atomic E-state index is 0.523. The van der Waals surface area contributed by atoms with E-state index in [-0.39, 0.29) is 0 Å². The molecule has 0 saturated carbocycles. The van der Waals surface area contributed by atoms with E-state index in [2.05, 4.69) is 15.9 Å². The molecular formula is C16H15BrO3. The van der Waals surface area contributed by atoms with Gasteiger partial charge in [0.05, 0.1) is 19.3 Å². The van der Waals surface area contributed by atoms with Crippen molar-refractivity contribution in [2.75, 3.05) is 13.7 Å². The van der Waals surface area contributed by atoms with Crippen LogP contribution in [0.15, 0.2) is 46.9 Å². The average Bonchev–Trinajstić information content (AvgIpc) is 2.49. The molecule has 2 aromatic carbocycles. The molecule has 0 aliphatic heterocycles. The SMILES string of the molecule is COc1ccc(CCOc2ccc(Br)cc2C=O)cc1. The van der Waals surface area contributed by atoms with Gasteiger partial charge < -0.3 is 9.47 Å². The zero-order valence-corrected chi connectivity index (χ0v) is 12.7. The number of hydrogen-bond donors (Lipinski definition) is 0. The number of hydrogen-bond acceptors (Lipinski definition) is 3. The normalized spacial score (nSPS) is 10.1. The number of rotatable bonds is 6. The van der Waals surface area contributed by atoms with E-state index < -0.39 is 0 Å². The zero-order valence-electron chi connectivity index (χ0n) is 11.1. The fourth-order valence-corrected chi connectivity index (χ4v) is 2.19. The van der Waals surface area contributed by atoms with E-state index in [1.807, 2.05) is 30.3 Å². The molecule has 0 aromatic heterocycles. The molecule has 3 nitrogen and oxygen atoms in total. The molecule has 0 radical (unpaired) electrons. The summed E-state index contributed by atoms with van der Waals surface area (Å²) in [5.74, 6) is 1.45. The first-order valence-corrected chi connectivity index (χ1v) is 7.02. The van der Waals surface area contributed by atoms with Gasteiger partial charge in [0.15, 0.2) is 6.29 Å². The number of benzene rings is 2. The standard InChI is InChI=1S/C16H15BrO3/c1-19-15-5-2-12(3-6-15)8-9-20-16-7-4-14(17)10-13(16)11-18/h2-7,10-11H,8-9H2,1H3. The van der Waals surface area contributed by atoms with Gasteiger partial charge in [-0.15, -0.1) is 0 Å². The van der Waals surface area contributed by atoms with Gasteiger partial charge in [-0.05, 0) is 35.9 Å². The minimum atomic E-state index is 0.523. The fourth-order valence-electron chi connectivity index (χ4n) is 1.81. The van der Waals surface area contributed by atoms with Gasteiger partial charge >= 0.3 is 0 Å². The molecule has 0 saturated heterocycles. The van der Waals surface area contributed by atoms with Crippen LogP contribution in [-0.4, -0.2) is 20.0 Å². The van der Waals surface area contributed by atoms with Crippen LogP contribution in [0.1, 0.15) is 15.9 Å². The lowest BCUT2D eigenvalue weighted by atomic mass is 10.1. The van der Waals surface area contributed by atoms with Crippen molar-refractivity contribution in [2.45, 2.75) is 6.42 Å². The summed E-state index contributed by atoms with van der Waals surface area (Å²) in [7, 11) is 1.65. The maximum atomic E-state index is 11.0.